The summed E-state index contributed by atoms with van der Waals surface area (Å²) in [5.41, 5.74) is 0. The molecule has 0 amide bonds. The highest BCUT2D eigenvalue weighted by Crippen LogP contribution is 2.28. The van der Waals surface area contributed by atoms with Crippen LogP contribution >= 0.6 is 31.9 Å². The van der Waals surface area contributed by atoms with Gasteiger partial charge in [0.2, 0.25) is 0 Å². The third-order valence-electron chi connectivity index (χ3n) is 1.54. The highest BCUT2D eigenvalue weighted by molar-refractivity contribution is 9.11. The van der Waals surface area contributed by atoms with E-state index in [1.54, 1.807) is 13.0 Å². The third-order valence-corrected chi connectivity index (χ3v) is 2.66. The summed E-state index contributed by atoms with van der Waals surface area (Å²) in [4.78, 5) is 11.0. The number of halogens is 2. The Hall–Kier alpha value is -0.550. The van der Waals surface area contributed by atoms with Gasteiger partial charge < -0.3 is 9.47 Å². The van der Waals surface area contributed by atoms with Crippen molar-refractivity contribution in [3.05, 3.63) is 27.1 Å². The van der Waals surface area contributed by atoms with Gasteiger partial charge in [0, 0.05) is 4.47 Å². The van der Waals surface area contributed by atoms with E-state index < -0.39 is 0 Å². The molecule has 1 aromatic carbocycles. The number of benzene rings is 1. The molecule has 3 nitrogen and oxygen atoms in total. The number of hydrogen-bond acceptors (Lipinski definition) is 3. The van der Waals surface area contributed by atoms with Gasteiger partial charge in [-0.15, -0.1) is 0 Å². The molecule has 0 aliphatic carbocycles. The largest absolute Gasteiger partial charge is 0.481 e. The van der Waals surface area contributed by atoms with Crippen LogP contribution in [0.2, 0.25) is 0 Å². The normalized spacial score (nSPS) is 9.80. The molecule has 82 valence electrons. The molecule has 0 radical (unpaired) electrons. The summed E-state index contributed by atoms with van der Waals surface area (Å²) in [5.74, 6) is 0.249. The zero-order valence-electron chi connectivity index (χ0n) is 8.13. The maximum Gasteiger partial charge on any atom is 0.344 e. The van der Waals surface area contributed by atoms with Crippen molar-refractivity contribution >= 4 is 37.8 Å². The first-order valence-electron chi connectivity index (χ1n) is 4.37. The Kier molecular flexibility index (Phi) is 5.11. The van der Waals surface area contributed by atoms with Crippen molar-refractivity contribution in [1.29, 1.82) is 0 Å². The second kappa shape index (κ2) is 6.12. The Balaban J connectivity index is 2.54. The monoisotopic (exact) mass is 336 g/mol. The van der Waals surface area contributed by atoms with Gasteiger partial charge in [-0.3, -0.25) is 0 Å². The zero-order valence-corrected chi connectivity index (χ0v) is 11.3. The highest BCUT2D eigenvalue weighted by atomic mass is 79.9. The van der Waals surface area contributed by atoms with Crippen LogP contribution in [0, 0.1) is 0 Å². The van der Waals surface area contributed by atoms with Crippen LogP contribution < -0.4 is 4.74 Å². The summed E-state index contributed by atoms with van der Waals surface area (Å²) in [6.07, 6.45) is 0. The summed E-state index contributed by atoms with van der Waals surface area (Å²) >= 11 is 6.65. The summed E-state index contributed by atoms with van der Waals surface area (Å²) in [6.45, 7) is 2.05. The maximum atomic E-state index is 11.0. The van der Waals surface area contributed by atoms with Gasteiger partial charge in [0.15, 0.2) is 6.61 Å². The van der Waals surface area contributed by atoms with Crippen molar-refractivity contribution in [3.63, 3.8) is 0 Å². The van der Waals surface area contributed by atoms with E-state index in [1.165, 1.54) is 0 Å². The minimum Gasteiger partial charge on any atom is -0.481 e. The van der Waals surface area contributed by atoms with E-state index in [0.29, 0.717) is 12.4 Å². The molecule has 0 aromatic heterocycles. The van der Waals surface area contributed by atoms with Gasteiger partial charge in [0.1, 0.15) is 5.75 Å². The lowest BCUT2D eigenvalue weighted by Crippen LogP contribution is -2.14. The molecule has 5 heteroatoms. The van der Waals surface area contributed by atoms with Crippen LogP contribution in [0.3, 0.4) is 0 Å². The summed E-state index contributed by atoms with van der Waals surface area (Å²) in [5, 5.41) is 0. The smallest absolute Gasteiger partial charge is 0.344 e. The first-order chi connectivity index (χ1) is 7.13. The summed E-state index contributed by atoms with van der Waals surface area (Å²) in [7, 11) is 0. The predicted molar refractivity (Wildman–Crippen MR) is 64.0 cm³/mol. The molecule has 15 heavy (non-hydrogen) atoms. The van der Waals surface area contributed by atoms with Gasteiger partial charge in [-0.25, -0.2) is 4.79 Å². The van der Waals surface area contributed by atoms with E-state index in [2.05, 4.69) is 31.9 Å². The van der Waals surface area contributed by atoms with E-state index in [1.807, 2.05) is 12.1 Å². The number of hydrogen-bond donors (Lipinski definition) is 0. The van der Waals surface area contributed by atoms with Crippen LogP contribution in [0.25, 0.3) is 0 Å². The zero-order chi connectivity index (χ0) is 11.3. The summed E-state index contributed by atoms with van der Waals surface area (Å²) < 4.78 is 11.7. The first kappa shape index (κ1) is 12.5. The van der Waals surface area contributed by atoms with Crippen molar-refractivity contribution in [2.45, 2.75) is 6.92 Å². The second-order valence-corrected chi connectivity index (χ2v) is 4.44. The van der Waals surface area contributed by atoms with Crippen molar-refractivity contribution in [2.75, 3.05) is 13.2 Å². The molecule has 0 aliphatic rings. The Labute approximate surface area is 105 Å². The van der Waals surface area contributed by atoms with Gasteiger partial charge in [-0.1, -0.05) is 15.9 Å². The van der Waals surface area contributed by atoms with Crippen LogP contribution in [0.15, 0.2) is 27.1 Å². The standard InChI is InChI=1S/C10H10Br2O3/c1-2-14-10(13)6-15-9-4-3-7(11)5-8(9)12/h3-5H,2,6H2,1H3. The molecule has 0 unspecified atom stereocenters. The van der Waals surface area contributed by atoms with Gasteiger partial charge in [0.05, 0.1) is 11.1 Å². The maximum absolute atomic E-state index is 11.0. The molecule has 0 bridgehead atoms. The molecule has 0 heterocycles. The fourth-order valence-corrected chi connectivity index (χ4v) is 2.09. The topological polar surface area (TPSA) is 35.5 Å². The van der Waals surface area contributed by atoms with Gasteiger partial charge >= 0.3 is 5.97 Å². The first-order valence-corrected chi connectivity index (χ1v) is 5.95. The number of carbonyl (C=O) groups is 1. The van der Waals surface area contributed by atoms with E-state index in [9.17, 15) is 4.79 Å². The SMILES string of the molecule is CCOC(=O)COc1ccc(Br)cc1Br. The number of esters is 1. The quantitative estimate of drug-likeness (QED) is 0.792. The van der Waals surface area contributed by atoms with E-state index in [0.717, 1.165) is 8.95 Å². The molecule has 0 aliphatic heterocycles. The Morgan fingerprint density at radius 2 is 2.13 bits per heavy atom. The average molecular weight is 338 g/mol. The Bertz CT molecular complexity index is 353. The lowest BCUT2D eigenvalue weighted by atomic mass is 10.3. The van der Waals surface area contributed by atoms with Crippen LogP contribution in [0.4, 0.5) is 0 Å². The molecular formula is C10H10Br2O3. The van der Waals surface area contributed by atoms with Gasteiger partial charge in [-0.2, -0.15) is 0 Å². The third kappa shape index (κ3) is 4.22. The van der Waals surface area contributed by atoms with E-state index >= 15 is 0 Å². The van der Waals surface area contributed by atoms with Crippen molar-refractivity contribution in [2.24, 2.45) is 0 Å². The van der Waals surface area contributed by atoms with Gasteiger partial charge in [0.25, 0.3) is 0 Å². The number of rotatable bonds is 4. The van der Waals surface area contributed by atoms with Gasteiger partial charge in [-0.05, 0) is 41.1 Å². The average Bonchev–Trinajstić information content (AvgIpc) is 2.17. The lowest BCUT2D eigenvalue weighted by Gasteiger charge is -2.07. The molecule has 1 aromatic rings. The highest BCUT2D eigenvalue weighted by Gasteiger charge is 2.05. The summed E-state index contributed by atoms with van der Waals surface area (Å²) in [6, 6.07) is 5.46. The molecule has 0 spiro atoms. The molecule has 0 saturated carbocycles. The minimum atomic E-state index is -0.368. The molecule has 0 fully saturated rings. The fourth-order valence-electron chi connectivity index (χ4n) is 0.932. The number of carbonyl (C=O) groups excluding carboxylic acids is 1. The van der Waals surface area contributed by atoms with Crippen LogP contribution in [-0.4, -0.2) is 19.2 Å². The van der Waals surface area contributed by atoms with Crippen molar-refractivity contribution < 1.29 is 14.3 Å². The second-order valence-electron chi connectivity index (χ2n) is 2.67. The predicted octanol–water partition coefficient (Wildman–Crippen LogP) is 3.15. The van der Waals surface area contributed by atoms with E-state index in [-0.39, 0.29) is 12.6 Å². The number of ether oxygens (including phenoxy) is 2. The van der Waals surface area contributed by atoms with Crippen molar-refractivity contribution in [1.82, 2.24) is 0 Å². The van der Waals surface area contributed by atoms with Crippen LogP contribution in [0.1, 0.15) is 6.92 Å². The molecule has 0 saturated heterocycles. The Morgan fingerprint density at radius 1 is 1.40 bits per heavy atom. The fraction of sp³-hybridized carbons (Fsp3) is 0.300. The van der Waals surface area contributed by atoms with Crippen LogP contribution in [-0.2, 0) is 9.53 Å². The Morgan fingerprint density at radius 3 is 2.73 bits per heavy atom. The van der Waals surface area contributed by atoms with Crippen molar-refractivity contribution in [3.8, 4) is 5.75 Å². The van der Waals surface area contributed by atoms with Crippen LogP contribution in [0.5, 0.6) is 5.75 Å². The molecule has 0 N–H and O–H groups in total. The lowest BCUT2D eigenvalue weighted by molar-refractivity contribution is -0.145. The minimum absolute atomic E-state index is 0.0753. The molecule has 1 rings (SSSR count). The van der Waals surface area contributed by atoms with E-state index in [4.69, 9.17) is 9.47 Å². The molecular weight excluding hydrogens is 328 g/mol. The molecule has 0 atom stereocenters.